The van der Waals surface area contributed by atoms with Crippen molar-refractivity contribution in [1.82, 2.24) is 15.0 Å². The van der Waals surface area contributed by atoms with E-state index in [1.165, 1.54) is 0 Å². The van der Waals surface area contributed by atoms with Crippen molar-refractivity contribution in [3.63, 3.8) is 0 Å². The number of halogens is 1. The minimum atomic E-state index is 0.172. The molecule has 0 aliphatic carbocycles. The monoisotopic (exact) mass is 297 g/mol. The molecule has 2 rings (SSSR count). The summed E-state index contributed by atoms with van der Waals surface area (Å²) in [4.78, 5) is 12.8. The average molecular weight is 298 g/mol. The van der Waals surface area contributed by atoms with Gasteiger partial charge < -0.3 is 0 Å². The highest BCUT2D eigenvalue weighted by molar-refractivity contribution is 6.28. The molecule has 0 fully saturated rings. The van der Waals surface area contributed by atoms with Crippen LogP contribution < -0.4 is 0 Å². The molecule has 3 nitrogen and oxygen atoms in total. The predicted molar refractivity (Wildman–Crippen MR) is 87.9 cm³/mol. The summed E-state index contributed by atoms with van der Waals surface area (Å²) in [7, 11) is 0. The van der Waals surface area contributed by atoms with Crippen LogP contribution in [0.1, 0.15) is 19.2 Å². The molecule has 0 bridgehead atoms. The summed E-state index contributed by atoms with van der Waals surface area (Å²) in [6, 6.07) is 9.67. The summed E-state index contributed by atoms with van der Waals surface area (Å²) in [5.74, 6) is 1.07. The van der Waals surface area contributed by atoms with Crippen LogP contribution in [0.3, 0.4) is 0 Å². The van der Waals surface area contributed by atoms with Crippen molar-refractivity contribution < 1.29 is 0 Å². The van der Waals surface area contributed by atoms with Crippen LogP contribution in [0.2, 0.25) is 5.28 Å². The third-order valence-corrected chi connectivity index (χ3v) is 2.93. The minimum absolute atomic E-state index is 0.172. The molecule has 4 heteroatoms. The first-order valence-electron chi connectivity index (χ1n) is 6.71. The van der Waals surface area contributed by atoms with Crippen molar-refractivity contribution in [2.45, 2.75) is 13.3 Å². The minimum Gasteiger partial charge on any atom is -0.208 e. The molecule has 0 aliphatic rings. The van der Waals surface area contributed by atoms with Gasteiger partial charge in [0.15, 0.2) is 11.6 Å². The second kappa shape index (κ2) is 7.50. The zero-order chi connectivity index (χ0) is 15.1. The lowest BCUT2D eigenvalue weighted by atomic mass is 10.2. The molecule has 0 unspecified atom stereocenters. The fourth-order valence-electron chi connectivity index (χ4n) is 1.74. The molecular weight excluding hydrogens is 282 g/mol. The Morgan fingerprint density at radius 2 is 1.95 bits per heavy atom. The van der Waals surface area contributed by atoms with Gasteiger partial charge in [0, 0.05) is 11.1 Å². The van der Waals surface area contributed by atoms with E-state index >= 15 is 0 Å². The Bertz CT molecular complexity index is 676. The Morgan fingerprint density at radius 1 is 1.19 bits per heavy atom. The number of hydrogen-bond acceptors (Lipinski definition) is 3. The van der Waals surface area contributed by atoms with E-state index in [4.69, 9.17) is 11.6 Å². The van der Waals surface area contributed by atoms with Gasteiger partial charge in [-0.25, -0.2) is 4.98 Å². The Morgan fingerprint density at radius 3 is 2.62 bits per heavy atom. The summed E-state index contributed by atoms with van der Waals surface area (Å²) in [6.07, 6.45) is 8.59. The standard InChI is InChI=1S/C17H16ClN3/c1-3-5-7-10-13(4-2)15-19-16(21-17(18)20-15)14-11-8-6-9-12-14/h4-12H,2-3H2,1H3/b7-5-,13-10+. The quantitative estimate of drug-likeness (QED) is 0.749. The Labute approximate surface area is 129 Å². The van der Waals surface area contributed by atoms with Crippen molar-refractivity contribution in [1.29, 1.82) is 0 Å². The molecule has 1 heterocycles. The van der Waals surface area contributed by atoms with Gasteiger partial charge in [-0.05, 0) is 18.0 Å². The number of hydrogen-bond donors (Lipinski definition) is 0. The summed E-state index contributed by atoms with van der Waals surface area (Å²) < 4.78 is 0. The fraction of sp³-hybridized carbons (Fsp3) is 0.118. The Hall–Kier alpha value is -2.26. The molecular formula is C17H16ClN3. The van der Waals surface area contributed by atoms with E-state index in [0.29, 0.717) is 11.6 Å². The van der Waals surface area contributed by atoms with Crippen LogP contribution in [0.5, 0.6) is 0 Å². The van der Waals surface area contributed by atoms with Crippen LogP contribution in [0.25, 0.3) is 17.0 Å². The SMILES string of the molecule is C=C/C(=C\C=C/CC)c1nc(Cl)nc(-c2ccccc2)n1. The summed E-state index contributed by atoms with van der Waals surface area (Å²) >= 11 is 6.02. The van der Waals surface area contributed by atoms with Crippen molar-refractivity contribution in [2.75, 3.05) is 0 Å². The average Bonchev–Trinajstić information content (AvgIpc) is 2.52. The molecule has 0 saturated heterocycles. The molecule has 0 atom stereocenters. The first kappa shape index (κ1) is 15.1. The van der Waals surface area contributed by atoms with Crippen LogP contribution in [0, 0.1) is 0 Å². The largest absolute Gasteiger partial charge is 0.226 e. The molecule has 1 aromatic heterocycles. The number of nitrogens with zero attached hydrogens (tertiary/aromatic N) is 3. The molecule has 0 saturated carbocycles. The van der Waals surface area contributed by atoms with Gasteiger partial charge in [0.2, 0.25) is 5.28 Å². The van der Waals surface area contributed by atoms with E-state index < -0.39 is 0 Å². The maximum absolute atomic E-state index is 6.02. The second-order valence-electron chi connectivity index (χ2n) is 4.28. The van der Waals surface area contributed by atoms with E-state index in [9.17, 15) is 0 Å². The van der Waals surface area contributed by atoms with E-state index in [2.05, 4.69) is 28.5 Å². The van der Waals surface area contributed by atoms with Gasteiger partial charge in [-0.1, -0.05) is 68.1 Å². The lowest BCUT2D eigenvalue weighted by Crippen LogP contribution is -1.99. The normalized spacial score (nSPS) is 11.8. The number of aromatic nitrogens is 3. The Kier molecular flexibility index (Phi) is 5.41. The summed E-state index contributed by atoms with van der Waals surface area (Å²) in [6.45, 7) is 5.88. The van der Waals surface area contributed by atoms with Crippen molar-refractivity contribution in [3.05, 3.63) is 72.3 Å². The van der Waals surface area contributed by atoms with Gasteiger partial charge in [0.1, 0.15) is 0 Å². The van der Waals surface area contributed by atoms with Gasteiger partial charge in [0.25, 0.3) is 0 Å². The molecule has 1 aromatic carbocycles. The molecule has 0 aliphatic heterocycles. The first-order chi connectivity index (χ1) is 10.2. The van der Waals surface area contributed by atoms with E-state index in [-0.39, 0.29) is 5.28 Å². The van der Waals surface area contributed by atoms with Crippen LogP contribution in [-0.4, -0.2) is 15.0 Å². The Balaban J connectivity index is 2.45. The lowest BCUT2D eigenvalue weighted by molar-refractivity contribution is 1.03. The molecule has 2 aromatic rings. The zero-order valence-corrected chi connectivity index (χ0v) is 12.6. The third kappa shape index (κ3) is 4.10. The van der Waals surface area contributed by atoms with E-state index in [0.717, 1.165) is 17.6 Å². The van der Waals surface area contributed by atoms with E-state index in [1.807, 2.05) is 48.6 Å². The zero-order valence-electron chi connectivity index (χ0n) is 11.8. The number of benzene rings is 1. The van der Waals surface area contributed by atoms with Crippen LogP contribution >= 0.6 is 11.6 Å². The van der Waals surface area contributed by atoms with Crippen molar-refractivity contribution >= 4 is 17.2 Å². The summed E-state index contributed by atoms with van der Waals surface area (Å²) in [5, 5.41) is 0.172. The molecule has 0 radical (unpaired) electrons. The van der Waals surface area contributed by atoms with Gasteiger partial charge in [-0.2, -0.15) is 9.97 Å². The molecule has 21 heavy (non-hydrogen) atoms. The van der Waals surface area contributed by atoms with Crippen LogP contribution in [0.15, 0.2) is 61.2 Å². The smallest absolute Gasteiger partial charge is 0.208 e. The number of rotatable bonds is 5. The fourth-order valence-corrected chi connectivity index (χ4v) is 1.90. The highest BCUT2D eigenvalue weighted by Crippen LogP contribution is 2.19. The second-order valence-corrected chi connectivity index (χ2v) is 4.62. The van der Waals surface area contributed by atoms with Crippen molar-refractivity contribution in [3.8, 4) is 11.4 Å². The maximum Gasteiger partial charge on any atom is 0.226 e. The van der Waals surface area contributed by atoms with Crippen LogP contribution in [0.4, 0.5) is 0 Å². The van der Waals surface area contributed by atoms with Gasteiger partial charge in [-0.3, -0.25) is 0 Å². The maximum atomic E-state index is 6.02. The molecule has 106 valence electrons. The van der Waals surface area contributed by atoms with Gasteiger partial charge in [0.05, 0.1) is 0 Å². The predicted octanol–water partition coefficient (Wildman–Crippen LogP) is 4.73. The van der Waals surface area contributed by atoms with E-state index in [1.54, 1.807) is 6.08 Å². The van der Waals surface area contributed by atoms with Crippen molar-refractivity contribution in [2.24, 2.45) is 0 Å². The lowest BCUT2D eigenvalue weighted by Gasteiger charge is -2.04. The molecule has 0 spiro atoms. The molecule has 0 amide bonds. The number of allylic oxidation sites excluding steroid dienone is 5. The third-order valence-electron chi connectivity index (χ3n) is 2.77. The highest BCUT2D eigenvalue weighted by atomic mass is 35.5. The summed E-state index contributed by atoms with van der Waals surface area (Å²) in [5.41, 5.74) is 1.71. The highest BCUT2D eigenvalue weighted by Gasteiger charge is 2.08. The first-order valence-corrected chi connectivity index (χ1v) is 7.09. The van der Waals surface area contributed by atoms with Gasteiger partial charge >= 0.3 is 0 Å². The molecule has 0 N–H and O–H groups in total. The topological polar surface area (TPSA) is 38.7 Å². The van der Waals surface area contributed by atoms with Crippen LogP contribution in [-0.2, 0) is 0 Å². The van der Waals surface area contributed by atoms with Gasteiger partial charge in [-0.15, -0.1) is 0 Å².